The molecule has 0 aliphatic rings. The van der Waals surface area contributed by atoms with Crippen LogP contribution in [0.4, 0.5) is 21.3 Å². The van der Waals surface area contributed by atoms with Crippen LogP contribution in [0.3, 0.4) is 0 Å². The van der Waals surface area contributed by atoms with Crippen molar-refractivity contribution in [3.63, 3.8) is 0 Å². The fraction of sp³-hybridized carbons (Fsp3) is 0.190. The Hall–Kier alpha value is -3.46. The molecule has 3 aromatic heterocycles. The summed E-state index contributed by atoms with van der Waals surface area (Å²) in [5, 5.41) is 3.88. The quantitative estimate of drug-likeness (QED) is 0.433. The molecule has 0 saturated heterocycles. The van der Waals surface area contributed by atoms with Crippen LogP contribution in [-0.4, -0.2) is 39.3 Å². The number of carbonyl (C=O) groups excluding carboxylic acids is 1. The highest BCUT2D eigenvalue weighted by Gasteiger charge is 2.14. The van der Waals surface area contributed by atoms with E-state index in [1.165, 1.54) is 6.20 Å². The first-order chi connectivity index (χ1) is 14.6. The predicted octanol–water partition coefficient (Wildman–Crippen LogP) is 4.69. The molecule has 30 heavy (non-hydrogen) atoms. The van der Waals surface area contributed by atoms with Crippen LogP contribution in [0.25, 0.3) is 21.5 Å². The van der Waals surface area contributed by atoms with Gasteiger partial charge in [-0.2, -0.15) is 0 Å². The van der Waals surface area contributed by atoms with Crippen LogP contribution in [0.5, 0.6) is 0 Å². The van der Waals surface area contributed by atoms with E-state index in [-0.39, 0.29) is 11.6 Å². The third-order valence-electron chi connectivity index (χ3n) is 4.59. The van der Waals surface area contributed by atoms with Crippen LogP contribution >= 0.6 is 11.3 Å². The van der Waals surface area contributed by atoms with Gasteiger partial charge in [0.05, 0.1) is 16.4 Å². The number of aromatic nitrogens is 4. The number of thiazole rings is 1. The summed E-state index contributed by atoms with van der Waals surface area (Å²) in [4.78, 5) is 30.0. The number of anilines is 3. The fourth-order valence-corrected chi connectivity index (χ4v) is 4.11. The minimum absolute atomic E-state index is 0.191. The highest BCUT2D eigenvalue weighted by Crippen LogP contribution is 2.32. The molecule has 7 nitrogen and oxygen atoms in total. The van der Waals surface area contributed by atoms with Crippen LogP contribution in [-0.2, 0) is 0 Å². The molecule has 0 aliphatic carbocycles. The number of fused-ring (bicyclic) bond motifs is 1. The number of hydrogen-bond acceptors (Lipinski definition) is 8. The van der Waals surface area contributed by atoms with Gasteiger partial charge >= 0.3 is 0 Å². The molecule has 0 unspecified atom stereocenters. The summed E-state index contributed by atoms with van der Waals surface area (Å²) in [6, 6.07) is 8.83. The number of nitrogens with zero attached hydrogens (tertiary/aromatic N) is 5. The van der Waals surface area contributed by atoms with Gasteiger partial charge in [-0.3, -0.25) is 4.79 Å². The maximum Gasteiger partial charge on any atom is 0.229 e. The zero-order valence-electron chi connectivity index (χ0n) is 16.5. The first-order valence-corrected chi connectivity index (χ1v) is 10.3. The summed E-state index contributed by atoms with van der Waals surface area (Å²) >= 11 is 1.57. The lowest BCUT2D eigenvalue weighted by Gasteiger charge is -2.16. The molecule has 0 spiro atoms. The van der Waals surface area contributed by atoms with Crippen LogP contribution in [0, 0.1) is 5.82 Å². The molecule has 0 atom stereocenters. The zero-order chi connectivity index (χ0) is 21.1. The Kier molecular flexibility index (Phi) is 5.62. The number of aldehydes is 1. The van der Waals surface area contributed by atoms with E-state index in [2.05, 4.69) is 44.0 Å². The molecule has 0 amide bonds. The number of carbonyl (C=O) groups is 1. The summed E-state index contributed by atoms with van der Waals surface area (Å²) in [7, 11) is 0. The lowest BCUT2D eigenvalue weighted by molar-refractivity contribution is 0.112. The van der Waals surface area contributed by atoms with Crippen molar-refractivity contribution in [3.8, 4) is 11.3 Å². The van der Waals surface area contributed by atoms with Gasteiger partial charge < -0.3 is 10.2 Å². The maximum atomic E-state index is 14.5. The van der Waals surface area contributed by atoms with E-state index in [1.54, 1.807) is 29.5 Å². The summed E-state index contributed by atoms with van der Waals surface area (Å²) < 4.78 is 15.5. The van der Waals surface area contributed by atoms with Gasteiger partial charge in [0.25, 0.3) is 0 Å². The second kappa shape index (κ2) is 8.50. The van der Waals surface area contributed by atoms with Gasteiger partial charge in [-0.15, -0.1) is 0 Å². The summed E-state index contributed by atoms with van der Waals surface area (Å²) in [5.41, 5.74) is 2.17. The number of pyridine rings is 1. The normalized spacial score (nSPS) is 10.9. The molecule has 1 aromatic carbocycles. The molecule has 152 valence electrons. The monoisotopic (exact) mass is 422 g/mol. The van der Waals surface area contributed by atoms with Gasteiger partial charge in [-0.25, -0.2) is 24.3 Å². The van der Waals surface area contributed by atoms with Gasteiger partial charge in [0.2, 0.25) is 5.95 Å². The van der Waals surface area contributed by atoms with E-state index >= 15 is 0 Å². The van der Waals surface area contributed by atoms with Crippen molar-refractivity contribution < 1.29 is 9.18 Å². The molecule has 4 rings (SSSR count). The van der Waals surface area contributed by atoms with Gasteiger partial charge in [0.15, 0.2) is 17.2 Å². The third-order valence-corrected chi connectivity index (χ3v) is 5.67. The van der Waals surface area contributed by atoms with Gasteiger partial charge in [0.1, 0.15) is 11.5 Å². The SMILES string of the molecule is CCN(CC)c1nc2ccc(-c3nc(Nc4ccc(C=O)cn4)ncc3F)cc2s1. The van der Waals surface area contributed by atoms with E-state index in [0.29, 0.717) is 23.2 Å². The van der Waals surface area contributed by atoms with Crippen molar-refractivity contribution >= 4 is 44.7 Å². The Morgan fingerprint density at radius 1 is 1.10 bits per heavy atom. The molecule has 0 radical (unpaired) electrons. The Labute approximate surface area is 176 Å². The van der Waals surface area contributed by atoms with E-state index in [0.717, 1.165) is 34.6 Å². The summed E-state index contributed by atoms with van der Waals surface area (Å²) in [6.07, 6.45) is 3.28. The molecule has 1 N–H and O–H groups in total. The molecule has 0 fully saturated rings. The second-order valence-electron chi connectivity index (χ2n) is 6.46. The molecule has 9 heteroatoms. The van der Waals surface area contributed by atoms with E-state index in [4.69, 9.17) is 0 Å². The Morgan fingerprint density at radius 2 is 1.93 bits per heavy atom. The van der Waals surface area contributed by atoms with Crippen LogP contribution in [0.15, 0.2) is 42.7 Å². The standard InChI is InChI=1S/C21H19FN6OS/c1-3-28(4-2)21-25-16-7-6-14(9-17(16)30-21)19-15(22)11-24-20(27-19)26-18-8-5-13(12-29)10-23-18/h5-12H,3-4H2,1-2H3,(H,23,24,26,27). The Bertz CT molecular complexity index is 1190. The second-order valence-corrected chi connectivity index (χ2v) is 7.47. The Balaban J connectivity index is 1.66. The summed E-state index contributed by atoms with van der Waals surface area (Å²) in [5.74, 6) is 0.156. The minimum atomic E-state index is -0.516. The molecule has 4 aromatic rings. The van der Waals surface area contributed by atoms with Crippen LogP contribution in [0.2, 0.25) is 0 Å². The van der Waals surface area contributed by atoms with Gasteiger partial charge in [-0.1, -0.05) is 17.4 Å². The summed E-state index contributed by atoms with van der Waals surface area (Å²) in [6.45, 7) is 5.93. The van der Waals surface area contributed by atoms with Crippen molar-refractivity contribution in [1.82, 2.24) is 19.9 Å². The van der Waals surface area contributed by atoms with Crippen molar-refractivity contribution in [2.24, 2.45) is 0 Å². The van der Waals surface area contributed by atoms with Crippen molar-refractivity contribution in [2.45, 2.75) is 13.8 Å². The van der Waals surface area contributed by atoms with Crippen LogP contribution < -0.4 is 10.2 Å². The third kappa shape index (κ3) is 3.97. The number of halogens is 1. The van der Waals surface area contributed by atoms with Crippen LogP contribution in [0.1, 0.15) is 24.2 Å². The van der Waals surface area contributed by atoms with Crippen molar-refractivity contribution in [1.29, 1.82) is 0 Å². The van der Waals surface area contributed by atoms with Gasteiger partial charge in [0, 0.05) is 30.4 Å². The zero-order valence-corrected chi connectivity index (χ0v) is 17.3. The van der Waals surface area contributed by atoms with E-state index in [1.807, 2.05) is 12.1 Å². The predicted molar refractivity (Wildman–Crippen MR) is 117 cm³/mol. The molecule has 0 bridgehead atoms. The average molecular weight is 422 g/mol. The Morgan fingerprint density at radius 3 is 2.63 bits per heavy atom. The fourth-order valence-electron chi connectivity index (χ4n) is 2.98. The smallest absolute Gasteiger partial charge is 0.229 e. The van der Waals surface area contributed by atoms with Gasteiger partial charge in [-0.05, 0) is 38.1 Å². The lowest BCUT2D eigenvalue weighted by atomic mass is 10.1. The highest BCUT2D eigenvalue weighted by molar-refractivity contribution is 7.22. The van der Waals surface area contributed by atoms with Crippen molar-refractivity contribution in [2.75, 3.05) is 23.3 Å². The molecular weight excluding hydrogens is 403 g/mol. The molecule has 0 aliphatic heterocycles. The highest BCUT2D eigenvalue weighted by atomic mass is 32.1. The maximum absolute atomic E-state index is 14.5. The average Bonchev–Trinajstić information content (AvgIpc) is 3.19. The lowest BCUT2D eigenvalue weighted by Crippen LogP contribution is -2.21. The largest absolute Gasteiger partial charge is 0.349 e. The number of rotatable bonds is 7. The molecule has 3 heterocycles. The number of hydrogen-bond donors (Lipinski definition) is 1. The molecule has 0 saturated carbocycles. The van der Waals surface area contributed by atoms with E-state index < -0.39 is 5.82 Å². The van der Waals surface area contributed by atoms with E-state index in [9.17, 15) is 9.18 Å². The first-order valence-electron chi connectivity index (χ1n) is 9.48. The minimum Gasteiger partial charge on any atom is -0.349 e. The first kappa shape index (κ1) is 19.8. The number of benzene rings is 1. The topological polar surface area (TPSA) is 83.9 Å². The van der Waals surface area contributed by atoms with Crippen molar-refractivity contribution in [3.05, 3.63) is 54.1 Å². The number of nitrogens with one attached hydrogen (secondary N) is 1. The molecular formula is C21H19FN6OS.